The van der Waals surface area contributed by atoms with Crippen molar-refractivity contribution in [3.8, 4) is 6.01 Å². The molecule has 1 aromatic rings. The van der Waals surface area contributed by atoms with Gasteiger partial charge in [-0.25, -0.2) is 0 Å². The number of ether oxygens (including phenoxy) is 1. The van der Waals surface area contributed by atoms with Crippen molar-refractivity contribution >= 4 is 0 Å². The van der Waals surface area contributed by atoms with Gasteiger partial charge in [0.05, 0.1) is 12.3 Å². The molecular weight excluding hydrogens is 202 g/mol. The molecule has 2 rings (SSSR count). The number of nitrogens with one attached hydrogen (secondary N) is 1. The van der Waals surface area contributed by atoms with Crippen LogP contribution >= 0.6 is 0 Å². The van der Waals surface area contributed by atoms with Crippen LogP contribution in [0.4, 0.5) is 0 Å². The maximum atomic E-state index is 5.72. The number of nitrogens with zero attached hydrogens (tertiary/aromatic N) is 2. The highest BCUT2D eigenvalue weighted by atomic mass is 16.5. The molecule has 0 amide bonds. The van der Waals surface area contributed by atoms with Crippen LogP contribution in [0.1, 0.15) is 44.6 Å². The Hall–Kier alpha value is -1.03. The highest BCUT2D eigenvalue weighted by Gasteiger charge is 2.21. The Kier molecular flexibility index (Phi) is 3.49. The summed E-state index contributed by atoms with van der Waals surface area (Å²) in [6, 6.07) is 1.21. The molecule has 0 spiro atoms. The smallest absolute Gasteiger partial charge is 0.297 e. The lowest BCUT2D eigenvalue weighted by molar-refractivity contribution is 0.270. The van der Waals surface area contributed by atoms with Crippen molar-refractivity contribution in [3.05, 3.63) is 11.4 Å². The highest BCUT2D eigenvalue weighted by Crippen LogP contribution is 2.25. The standard InChI is InChI=1S/C12H21N3O/c1-4-7-16-12-14-10-8-13-6-5-11(10)15(12)9(2)3/h9,13H,4-8H2,1-3H3. The van der Waals surface area contributed by atoms with Gasteiger partial charge in [0.25, 0.3) is 6.01 Å². The Morgan fingerprint density at radius 2 is 2.31 bits per heavy atom. The van der Waals surface area contributed by atoms with E-state index in [1.54, 1.807) is 0 Å². The van der Waals surface area contributed by atoms with Crippen LogP contribution in [0.15, 0.2) is 0 Å². The maximum absolute atomic E-state index is 5.72. The van der Waals surface area contributed by atoms with Crippen LogP contribution in [-0.4, -0.2) is 22.7 Å². The van der Waals surface area contributed by atoms with E-state index >= 15 is 0 Å². The van der Waals surface area contributed by atoms with Gasteiger partial charge in [-0.15, -0.1) is 0 Å². The van der Waals surface area contributed by atoms with Gasteiger partial charge in [0.1, 0.15) is 0 Å². The fraction of sp³-hybridized carbons (Fsp3) is 0.750. The Bertz CT molecular complexity index is 357. The minimum absolute atomic E-state index is 0.418. The Labute approximate surface area is 97.0 Å². The van der Waals surface area contributed by atoms with Gasteiger partial charge in [0.15, 0.2) is 0 Å². The molecule has 1 aliphatic rings. The van der Waals surface area contributed by atoms with Crippen molar-refractivity contribution in [2.75, 3.05) is 13.2 Å². The van der Waals surface area contributed by atoms with E-state index in [9.17, 15) is 0 Å². The molecule has 0 saturated heterocycles. The van der Waals surface area contributed by atoms with Gasteiger partial charge in [-0.2, -0.15) is 4.98 Å². The van der Waals surface area contributed by atoms with Crippen LogP contribution in [0.5, 0.6) is 6.01 Å². The molecule has 4 heteroatoms. The Morgan fingerprint density at radius 1 is 1.50 bits per heavy atom. The minimum atomic E-state index is 0.418. The number of fused-ring (bicyclic) bond motifs is 1. The second-order valence-electron chi connectivity index (χ2n) is 4.53. The second kappa shape index (κ2) is 4.87. The number of imidazole rings is 1. The molecule has 1 aliphatic heterocycles. The molecule has 0 unspecified atom stereocenters. The summed E-state index contributed by atoms with van der Waals surface area (Å²) in [5.41, 5.74) is 2.51. The zero-order chi connectivity index (χ0) is 11.5. The quantitative estimate of drug-likeness (QED) is 0.847. The van der Waals surface area contributed by atoms with Gasteiger partial charge in [-0.3, -0.25) is 4.57 Å². The van der Waals surface area contributed by atoms with Gasteiger partial charge in [-0.1, -0.05) is 6.92 Å². The van der Waals surface area contributed by atoms with E-state index in [4.69, 9.17) is 4.74 Å². The summed E-state index contributed by atoms with van der Waals surface area (Å²) in [7, 11) is 0. The van der Waals surface area contributed by atoms with Crippen LogP contribution in [-0.2, 0) is 13.0 Å². The van der Waals surface area contributed by atoms with E-state index < -0.39 is 0 Å². The van der Waals surface area contributed by atoms with Gasteiger partial charge in [0, 0.05) is 31.2 Å². The van der Waals surface area contributed by atoms with Crippen molar-refractivity contribution in [2.45, 2.75) is 46.2 Å². The molecule has 0 bridgehead atoms. The molecule has 1 aromatic heterocycles. The average molecular weight is 223 g/mol. The van der Waals surface area contributed by atoms with E-state index in [2.05, 4.69) is 35.6 Å². The van der Waals surface area contributed by atoms with Crippen molar-refractivity contribution in [2.24, 2.45) is 0 Å². The van der Waals surface area contributed by atoms with Gasteiger partial charge in [0.2, 0.25) is 0 Å². The zero-order valence-electron chi connectivity index (χ0n) is 10.4. The molecule has 16 heavy (non-hydrogen) atoms. The van der Waals surface area contributed by atoms with Crippen molar-refractivity contribution < 1.29 is 4.74 Å². The topological polar surface area (TPSA) is 39.1 Å². The first kappa shape index (κ1) is 11.5. The molecule has 0 aromatic carbocycles. The fourth-order valence-electron chi connectivity index (χ4n) is 2.14. The Morgan fingerprint density at radius 3 is 3.00 bits per heavy atom. The largest absolute Gasteiger partial charge is 0.465 e. The van der Waals surface area contributed by atoms with Crippen molar-refractivity contribution in [1.82, 2.24) is 14.9 Å². The summed E-state index contributed by atoms with van der Waals surface area (Å²) in [6.07, 6.45) is 2.07. The second-order valence-corrected chi connectivity index (χ2v) is 4.53. The maximum Gasteiger partial charge on any atom is 0.297 e. The fourth-order valence-corrected chi connectivity index (χ4v) is 2.14. The summed E-state index contributed by atoms with van der Waals surface area (Å²) in [5.74, 6) is 0. The third-order valence-electron chi connectivity index (χ3n) is 2.84. The zero-order valence-corrected chi connectivity index (χ0v) is 10.4. The lowest BCUT2D eigenvalue weighted by Gasteiger charge is -2.18. The summed E-state index contributed by atoms with van der Waals surface area (Å²) >= 11 is 0. The van der Waals surface area contributed by atoms with Crippen molar-refractivity contribution in [1.29, 1.82) is 0 Å². The first-order chi connectivity index (χ1) is 7.74. The minimum Gasteiger partial charge on any atom is -0.465 e. The molecule has 0 saturated carbocycles. The first-order valence-electron chi connectivity index (χ1n) is 6.17. The first-order valence-corrected chi connectivity index (χ1v) is 6.17. The Balaban J connectivity index is 2.31. The highest BCUT2D eigenvalue weighted by molar-refractivity contribution is 5.23. The number of rotatable bonds is 4. The molecular formula is C12H21N3O. The lowest BCUT2D eigenvalue weighted by Crippen LogP contribution is -2.25. The predicted molar refractivity (Wildman–Crippen MR) is 63.8 cm³/mol. The summed E-state index contributed by atoms with van der Waals surface area (Å²) < 4.78 is 7.97. The van der Waals surface area contributed by atoms with E-state index in [1.165, 1.54) is 5.69 Å². The number of hydrogen-bond donors (Lipinski definition) is 1. The number of hydrogen-bond acceptors (Lipinski definition) is 3. The van der Waals surface area contributed by atoms with Crippen LogP contribution in [0.2, 0.25) is 0 Å². The molecule has 2 heterocycles. The van der Waals surface area contributed by atoms with E-state index in [-0.39, 0.29) is 0 Å². The van der Waals surface area contributed by atoms with Crippen molar-refractivity contribution in [3.63, 3.8) is 0 Å². The van der Waals surface area contributed by atoms with Crippen LogP contribution in [0.25, 0.3) is 0 Å². The molecule has 0 atom stereocenters. The molecule has 0 fully saturated rings. The molecule has 0 aliphatic carbocycles. The van der Waals surface area contributed by atoms with Gasteiger partial charge in [-0.05, 0) is 20.3 Å². The third-order valence-corrected chi connectivity index (χ3v) is 2.84. The normalized spacial score (nSPS) is 15.2. The SMILES string of the molecule is CCCOc1nc2c(n1C(C)C)CCNC2. The average Bonchev–Trinajstić information content (AvgIpc) is 2.64. The third kappa shape index (κ3) is 2.07. The predicted octanol–water partition coefficient (Wildman–Crippen LogP) is 1.90. The van der Waals surface area contributed by atoms with Gasteiger partial charge >= 0.3 is 0 Å². The van der Waals surface area contributed by atoms with Crippen LogP contribution in [0, 0.1) is 0 Å². The molecule has 90 valence electrons. The monoisotopic (exact) mass is 223 g/mol. The number of aromatic nitrogens is 2. The summed E-state index contributed by atoms with van der Waals surface area (Å²) in [4.78, 5) is 4.59. The molecule has 4 nitrogen and oxygen atoms in total. The van der Waals surface area contributed by atoms with Crippen LogP contribution in [0.3, 0.4) is 0 Å². The molecule has 0 radical (unpaired) electrons. The van der Waals surface area contributed by atoms with Gasteiger partial charge < -0.3 is 10.1 Å². The summed E-state index contributed by atoms with van der Waals surface area (Å²) in [5, 5.41) is 3.35. The van der Waals surface area contributed by atoms with E-state index in [0.717, 1.165) is 44.2 Å². The van der Waals surface area contributed by atoms with E-state index in [0.29, 0.717) is 6.04 Å². The lowest BCUT2D eigenvalue weighted by atomic mass is 10.1. The van der Waals surface area contributed by atoms with E-state index in [1.807, 2.05) is 0 Å². The van der Waals surface area contributed by atoms with Crippen LogP contribution < -0.4 is 10.1 Å². The summed E-state index contributed by atoms with van der Waals surface area (Å²) in [6.45, 7) is 9.14. The molecule has 1 N–H and O–H groups in total.